The average molecular weight is 367 g/mol. The Balaban J connectivity index is 1.75. The van der Waals surface area contributed by atoms with Crippen LogP contribution in [0.5, 0.6) is 5.75 Å². The predicted octanol–water partition coefficient (Wildman–Crippen LogP) is 2.25. The van der Waals surface area contributed by atoms with E-state index in [-0.39, 0.29) is 11.9 Å². The molecule has 0 spiro atoms. The van der Waals surface area contributed by atoms with Crippen LogP contribution in [0.2, 0.25) is 0 Å². The molecule has 1 aromatic carbocycles. The minimum Gasteiger partial charge on any atom is -0.497 e. The smallest absolute Gasteiger partial charge is 0.256 e. The minimum atomic E-state index is -0.146. The van der Waals surface area contributed by atoms with Crippen molar-refractivity contribution in [2.45, 2.75) is 6.04 Å². The third kappa shape index (κ3) is 4.03. The Morgan fingerprint density at radius 2 is 1.89 bits per heavy atom. The van der Waals surface area contributed by atoms with Gasteiger partial charge in [-0.15, -0.1) is 0 Å². The van der Waals surface area contributed by atoms with Crippen LogP contribution < -0.4 is 10.1 Å². The number of ether oxygens (including phenoxy) is 1. The second-order valence-corrected chi connectivity index (χ2v) is 6.56. The second-order valence-electron chi connectivity index (χ2n) is 6.56. The Morgan fingerprint density at radius 3 is 2.48 bits per heavy atom. The number of carbonyl (C=O) groups excluding carboxylic acids is 1. The molecule has 142 valence electrons. The zero-order valence-corrected chi connectivity index (χ0v) is 16.1. The van der Waals surface area contributed by atoms with Crippen LogP contribution in [-0.2, 0) is 7.05 Å². The molecule has 0 fully saturated rings. The highest BCUT2D eigenvalue weighted by molar-refractivity contribution is 5.97. The van der Waals surface area contributed by atoms with Crippen molar-refractivity contribution in [2.24, 2.45) is 7.05 Å². The number of amides is 1. The standard InChI is InChI=1S/C20H25N5O2/c1-23(2)18(15-7-9-16(27-4)10-8-15)14-21-19(26)17-13-22-24(3)20(17)25-11-5-6-12-25/h5-13,18H,14H2,1-4H3,(H,21,26)/t18-/m1/s1. The lowest BCUT2D eigenvalue weighted by atomic mass is 10.1. The molecule has 0 radical (unpaired) electrons. The molecule has 27 heavy (non-hydrogen) atoms. The highest BCUT2D eigenvalue weighted by atomic mass is 16.5. The zero-order valence-electron chi connectivity index (χ0n) is 16.1. The van der Waals surface area contributed by atoms with E-state index in [2.05, 4.69) is 15.3 Å². The molecular weight excluding hydrogens is 342 g/mol. The first kappa shape index (κ1) is 18.7. The Labute approximate surface area is 159 Å². The number of aromatic nitrogens is 3. The van der Waals surface area contributed by atoms with Crippen LogP contribution >= 0.6 is 0 Å². The molecule has 0 saturated heterocycles. The maximum atomic E-state index is 12.8. The van der Waals surface area contributed by atoms with Crippen molar-refractivity contribution in [1.82, 2.24) is 24.6 Å². The van der Waals surface area contributed by atoms with Crippen LogP contribution in [0.3, 0.4) is 0 Å². The Kier molecular flexibility index (Phi) is 5.61. The summed E-state index contributed by atoms with van der Waals surface area (Å²) < 4.78 is 8.80. The van der Waals surface area contributed by atoms with Crippen LogP contribution in [0.1, 0.15) is 22.0 Å². The van der Waals surface area contributed by atoms with E-state index < -0.39 is 0 Å². The number of benzene rings is 1. The summed E-state index contributed by atoms with van der Waals surface area (Å²) in [4.78, 5) is 14.9. The Hall–Kier alpha value is -3.06. The second kappa shape index (κ2) is 8.09. The van der Waals surface area contributed by atoms with E-state index in [1.165, 1.54) is 0 Å². The first-order valence-electron chi connectivity index (χ1n) is 8.75. The van der Waals surface area contributed by atoms with E-state index in [0.29, 0.717) is 12.1 Å². The summed E-state index contributed by atoms with van der Waals surface area (Å²) in [7, 11) is 7.47. The summed E-state index contributed by atoms with van der Waals surface area (Å²) in [5.41, 5.74) is 1.65. The predicted molar refractivity (Wildman–Crippen MR) is 104 cm³/mol. The first-order valence-corrected chi connectivity index (χ1v) is 8.75. The molecule has 1 atom stereocenters. The fraction of sp³-hybridized carbons (Fsp3) is 0.300. The molecule has 3 rings (SSSR count). The molecule has 0 aliphatic heterocycles. The van der Waals surface area contributed by atoms with E-state index in [1.54, 1.807) is 18.0 Å². The molecule has 1 amide bonds. The van der Waals surface area contributed by atoms with Crippen molar-refractivity contribution in [2.75, 3.05) is 27.7 Å². The van der Waals surface area contributed by atoms with E-state index >= 15 is 0 Å². The zero-order chi connectivity index (χ0) is 19.4. The highest BCUT2D eigenvalue weighted by Gasteiger charge is 2.20. The summed E-state index contributed by atoms with van der Waals surface area (Å²) in [6, 6.07) is 11.8. The van der Waals surface area contributed by atoms with Gasteiger partial charge in [0.2, 0.25) is 0 Å². The van der Waals surface area contributed by atoms with Gasteiger partial charge in [0.05, 0.1) is 19.3 Å². The van der Waals surface area contributed by atoms with E-state index in [0.717, 1.165) is 17.1 Å². The number of nitrogens with one attached hydrogen (secondary N) is 1. The summed E-state index contributed by atoms with van der Waals surface area (Å²) in [5, 5.41) is 7.29. The summed E-state index contributed by atoms with van der Waals surface area (Å²) >= 11 is 0. The van der Waals surface area contributed by atoms with Crippen molar-refractivity contribution in [1.29, 1.82) is 0 Å². The fourth-order valence-corrected chi connectivity index (χ4v) is 3.08. The molecule has 1 N–H and O–H groups in total. The topological polar surface area (TPSA) is 64.3 Å². The van der Waals surface area contributed by atoms with Gasteiger partial charge in [-0.25, -0.2) is 0 Å². The van der Waals surface area contributed by atoms with Gasteiger partial charge in [-0.05, 0) is 43.9 Å². The van der Waals surface area contributed by atoms with Gasteiger partial charge in [-0.2, -0.15) is 5.10 Å². The molecule has 0 aliphatic rings. The van der Waals surface area contributed by atoms with Crippen molar-refractivity contribution in [3.63, 3.8) is 0 Å². The number of rotatable bonds is 7. The van der Waals surface area contributed by atoms with E-state index in [1.807, 2.05) is 74.5 Å². The average Bonchev–Trinajstić information content (AvgIpc) is 3.31. The third-order valence-corrected chi connectivity index (χ3v) is 4.58. The Bertz CT molecular complexity index is 882. The van der Waals surface area contributed by atoms with Crippen LogP contribution in [-0.4, -0.2) is 52.9 Å². The quantitative estimate of drug-likeness (QED) is 0.696. The molecule has 7 nitrogen and oxygen atoms in total. The number of aryl methyl sites for hydroxylation is 1. The lowest BCUT2D eigenvalue weighted by molar-refractivity contribution is 0.0942. The molecule has 2 aromatic heterocycles. The largest absolute Gasteiger partial charge is 0.497 e. The molecule has 7 heteroatoms. The fourth-order valence-electron chi connectivity index (χ4n) is 3.08. The lowest BCUT2D eigenvalue weighted by Gasteiger charge is -2.25. The monoisotopic (exact) mass is 367 g/mol. The maximum Gasteiger partial charge on any atom is 0.256 e. The van der Waals surface area contributed by atoms with Gasteiger partial charge < -0.3 is 19.5 Å². The normalized spacial score (nSPS) is 12.2. The number of hydrogen-bond acceptors (Lipinski definition) is 4. The molecule has 0 saturated carbocycles. The lowest BCUT2D eigenvalue weighted by Crippen LogP contribution is -2.34. The maximum absolute atomic E-state index is 12.8. The highest BCUT2D eigenvalue weighted by Crippen LogP contribution is 2.21. The molecule has 0 bridgehead atoms. The van der Waals surface area contributed by atoms with Gasteiger partial charge in [0.1, 0.15) is 17.1 Å². The number of hydrogen-bond donors (Lipinski definition) is 1. The minimum absolute atomic E-state index is 0.0477. The van der Waals surface area contributed by atoms with E-state index in [4.69, 9.17) is 4.74 Å². The summed E-state index contributed by atoms with van der Waals surface area (Å²) in [5.74, 6) is 1.41. The SMILES string of the molecule is COc1ccc([C@@H](CNC(=O)c2cnn(C)c2-n2cccc2)N(C)C)cc1. The van der Waals surface area contributed by atoms with Crippen LogP contribution in [0, 0.1) is 0 Å². The number of carbonyl (C=O) groups is 1. The van der Waals surface area contributed by atoms with Gasteiger partial charge in [0.25, 0.3) is 5.91 Å². The Morgan fingerprint density at radius 1 is 1.22 bits per heavy atom. The molecule has 0 unspecified atom stereocenters. The van der Waals surface area contributed by atoms with Crippen molar-refractivity contribution >= 4 is 5.91 Å². The van der Waals surface area contributed by atoms with Crippen molar-refractivity contribution < 1.29 is 9.53 Å². The first-order chi connectivity index (χ1) is 13.0. The molecule has 3 aromatic rings. The van der Waals surface area contributed by atoms with Crippen LogP contribution in [0.25, 0.3) is 5.82 Å². The van der Waals surface area contributed by atoms with Gasteiger partial charge in [-0.1, -0.05) is 12.1 Å². The van der Waals surface area contributed by atoms with E-state index in [9.17, 15) is 4.79 Å². The number of likely N-dealkylation sites (N-methyl/N-ethyl adjacent to an activating group) is 1. The van der Waals surface area contributed by atoms with Crippen LogP contribution in [0.15, 0.2) is 55.0 Å². The van der Waals surface area contributed by atoms with Gasteiger partial charge in [-0.3, -0.25) is 9.48 Å². The summed E-state index contributed by atoms with van der Waals surface area (Å²) in [6.07, 6.45) is 5.39. The molecular formula is C20H25N5O2. The number of methoxy groups -OCH3 is 1. The van der Waals surface area contributed by atoms with Gasteiger partial charge in [0.15, 0.2) is 0 Å². The third-order valence-electron chi connectivity index (χ3n) is 4.58. The van der Waals surface area contributed by atoms with Gasteiger partial charge in [0, 0.05) is 26.0 Å². The van der Waals surface area contributed by atoms with Crippen LogP contribution in [0.4, 0.5) is 0 Å². The van der Waals surface area contributed by atoms with Gasteiger partial charge >= 0.3 is 0 Å². The number of nitrogens with zero attached hydrogens (tertiary/aromatic N) is 4. The van der Waals surface area contributed by atoms with Crippen molar-refractivity contribution in [3.8, 4) is 11.6 Å². The summed E-state index contributed by atoms with van der Waals surface area (Å²) in [6.45, 7) is 0.484. The molecule has 2 heterocycles. The molecule has 0 aliphatic carbocycles. The van der Waals surface area contributed by atoms with Crippen molar-refractivity contribution in [3.05, 3.63) is 66.1 Å².